The number of nitrogens with zero attached hydrogens (tertiary/aromatic N) is 1. The molecule has 36 heavy (non-hydrogen) atoms. The molecule has 0 aliphatic carbocycles. The van der Waals surface area contributed by atoms with Gasteiger partial charge in [0, 0.05) is 12.1 Å². The van der Waals surface area contributed by atoms with E-state index in [9.17, 15) is 14.9 Å². The second-order valence-electron chi connectivity index (χ2n) is 8.90. The van der Waals surface area contributed by atoms with Crippen molar-refractivity contribution >= 4 is 17.3 Å². The van der Waals surface area contributed by atoms with Crippen molar-refractivity contribution in [2.75, 3.05) is 18.9 Å². The van der Waals surface area contributed by atoms with Crippen LogP contribution in [0, 0.1) is 10.1 Å². The molecule has 198 valence electrons. The second kappa shape index (κ2) is 16.4. The minimum absolute atomic E-state index is 0.0544. The lowest BCUT2D eigenvalue weighted by atomic mass is 10.1. The van der Waals surface area contributed by atoms with Crippen LogP contribution in [0.2, 0.25) is 0 Å². The van der Waals surface area contributed by atoms with Gasteiger partial charge < -0.3 is 19.9 Å². The third-order valence-corrected chi connectivity index (χ3v) is 5.85. The van der Waals surface area contributed by atoms with Crippen molar-refractivity contribution in [3.05, 3.63) is 52.1 Å². The van der Waals surface area contributed by atoms with Crippen LogP contribution >= 0.6 is 0 Å². The molecular formula is C28H40N2O6. The lowest BCUT2D eigenvalue weighted by molar-refractivity contribution is -0.385. The number of carbonyl (C=O) groups is 1. The number of hydrogen-bond donors (Lipinski definition) is 1. The van der Waals surface area contributed by atoms with E-state index >= 15 is 0 Å². The van der Waals surface area contributed by atoms with E-state index in [-0.39, 0.29) is 22.7 Å². The zero-order valence-corrected chi connectivity index (χ0v) is 21.6. The van der Waals surface area contributed by atoms with E-state index in [0.29, 0.717) is 24.7 Å². The van der Waals surface area contributed by atoms with Gasteiger partial charge in [-0.2, -0.15) is 0 Å². The summed E-state index contributed by atoms with van der Waals surface area (Å²) >= 11 is 0. The van der Waals surface area contributed by atoms with Gasteiger partial charge in [0.05, 0.1) is 29.4 Å². The Bertz CT molecular complexity index is 946. The molecule has 8 nitrogen and oxygen atoms in total. The number of nitro benzene ring substituents is 1. The molecule has 0 radical (unpaired) electrons. The van der Waals surface area contributed by atoms with Crippen LogP contribution in [0.1, 0.15) is 94.8 Å². The highest BCUT2D eigenvalue weighted by Gasteiger charge is 2.23. The Morgan fingerprint density at radius 2 is 1.33 bits per heavy atom. The standard InChI is InChI=1S/C28H40N2O6/c1-3-5-7-9-11-13-19-35-27-21-25(29)24(20-26(27)30(32)33)28(31)36-23-16-14-22(15-17-23)34-18-12-10-8-6-4-2/h14-17,20-21H,3-13,18-19,29H2,1-2H3. The van der Waals surface area contributed by atoms with E-state index in [1.807, 2.05) is 0 Å². The van der Waals surface area contributed by atoms with Gasteiger partial charge in [0.25, 0.3) is 0 Å². The molecule has 0 heterocycles. The Kier molecular flexibility index (Phi) is 13.2. The molecule has 0 fully saturated rings. The molecule has 2 rings (SSSR count). The minimum atomic E-state index is -0.775. The number of unbranched alkanes of at least 4 members (excludes halogenated alkanes) is 9. The fourth-order valence-electron chi connectivity index (χ4n) is 3.75. The number of rotatable bonds is 18. The maximum atomic E-state index is 12.7. The minimum Gasteiger partial charge on any atom is -0.494 e. The van der Waals surface area contributed by atoms with Crippen LogP contribution < -0.4 is 19.9 Å². The summed E-state index contributed by atoms with van der Waals surface area (Å²) < 4.78 is 16.7. The van der Waals surface area contributed by atoms with E-state index in [4.69, 9.17) is 19.9 Å². The summed E-state index contributed by atoms with van der Waals surface area (Å²) in [6, 6.07) is 9.12. The van der Waals surface area contributed by atoms with Crippen molar-refractivity contribution in [2.45, 2.75) is 84.5 Å². The Labute approximate surface area is 214 Å². The van der Waals surface area contributed by atoms with Crippen molar-refractivity contribution in [3.8, 4) is 17.2 Å². The summed E-state index contributed by atoms with van der Waals surface area (Å²) in [6.07, 6.45) is 12.2. The first-order valence-corrected chi connectivity index (χ1v) is 13.1. The monoisotopic (exact) mass is 500 g/mol. The molecule has 0 amide bonds. The second-order valence-corrected chi connectivity index (χ2v) is 8.90. The van der Waals surface area contributed by atoms with Crippen LogP contribution in [0.3, 0.4) is 0 Å². The molecule has 0 atom stereocenters. The number of benzene rings is 2. The Balaban J connectivity index is 1.92. The highest BCUT2D eigenvalue weighted by Crippen LogP contribution is 2.33. The van der Waals surface area contributed by atoms with E-state index in [0.717, 1.165) is 38.2 Å². The lowest BCUT2D eigenvalue weighted by Crippen LogP contribution is -2.12. The molecule has 0 aromatic heterocycles. The van der Waals surface area contributed by atoms with Crippen LogP contribution in [0.25, 0.3) is 0 Å². The topological polar surface area (TPSA) is 114 Å². The van der Waals surface area contributed by atoms with E-state index in [1.54, 1.807) is 24.3 Å². The highest BCUT2D eigenvalue weighted by molar-refractivity contribution is 5.97. The number of nitro groups is 1. The van der Waals surface area contributed by atoms with Crippen molar-refractivity contribution in [3.63, 3.8) is 0 Å². The zero-order chi connectivity index (χ0) is 26.2. The Morgan fingerprint density at radius 1 is 0.806 bits per heavy atom. The fraction of sp³-hybridized carbons (Fsp3) is 0.536. The summed E-state index contributed by atoms with van der Waals surface area (Å²) in [5, 5.41) is 11.6. The van der Waals surface area contributed by atoms with Gasteiger partial charge in [-0.25, -0.2) is 4.79 Å². The molecule has 8 heteroatoms. The number of nitrogens with two attached hydrogens (primary N) is 1. The summed E-state index contributed by atoms with van der Waals surface area (Å²) in [6.45, 7) is 5.33. The molecule has 0 saturated heterocycles. The van der Waals surface area contributed by atoms with Gasteiger partial charge in [0.2, 0.25) is 0 Å². The van der Waals surface area contributed by atoms with Gasteiger partial charge in [0.15, 0.2) is 5.75 Å². The van der Waals surface area contributed by atoms with Gasteiger partial charge >= 0.3 is 11.7 Å². The molecular weight excluding hydrogens is 460 g/mol. The molecule has 0 bridgehead atoms. The molecule has 0 spiro atoms. The van der Waals surface area contributed by atoms with E-state index < -0.39 is 10.9 Å². The fourth-order valence-corrected chi connectivity index (χ4v) is 3.75. The number of nitrogen functional groups attached to an aromatic ring is 1. The predicted molar refractivity (Wildman–Crippen MR) is 142 cm³/mol. The summed E-state index contributed by atoms with van der Waals surface area (Å²) in [7, 11) is 0. The SMILES string of the molecule is CCCCCCCCOc1cc(N)c(C(=O)Oc2ccc(OCCCCCCC)cc2)cc1[N+](=O)[O-]. The maximum absolute atomic E-state index is 12.7. The van der Waals surface area contributed by atoms with E-state index in [2.05, 4.69) is 13.8 Å². The average molecular weight is 501 g/mol. The maximum Gasteiger partial charge on any atom is 0.345 e. The highest BCUT2D eigenvalue weighted by atomic mass is 16.6. The first-order valence-electron chi connectivity index (χ1n) is 13.1. The van der Waals surface area contributed by atoms with Gasteiger partial charge in [-0.1, -0.05) is 71.6 Å². The largest absolute Gasteiger partial charge is 0.494 e. The quantitative estimate of drug-likeness (QED) is 0.0563. The first kappa shape index (κ1) is 28.9. The number of hydrogen-bond acceptors (Lipinski definition) is 7. The Hall–Kier alpha value is -3.29. The molecule has 2 aromatic rings. The lowest BCUT2D eigenvalue weighted by Gasteiger charge is -2.11. The van der Waals surface area contributed by atoms with Crippen LogP contribution in [-0.2, 0) is 0 Å². The number of esters is 1. The third-order valence-electron chi connectivity index (χ3n) is 5.85. The van der Waals surface area contributed by atoms with E-state index in [1.165, 1.54) is 44.6 Å². The van der Waals surface area contributed by atoms with Crippen molar-refractivity contribution in [1.29, 1.82) is 0 Å². The average Bonchev–Trinajstić information content (AvgIpc) is 2.86. The molecule has 2 N–H and O–H groups in total. The van der Waals surface area contributed by atoms with Crippen LogP contribution in [-0.4, -0.2) is 24.1 Å². The summed E-state index contributed by atoms with van der Waals surface area (Å²) in [4.78, 5) is 23.7. The van der Waals surface area contributed by atoms with Crippen molar-refractivity contribution < 1.29 is 23.9 Å². The first-order chi connectivity index (χ1) is 17.5. The van der Waals surface area contributed by atoms with Crippen molar-refractivity contribution in [2.24, 2.45) is 0 Å². The normalized spacial score (nSPS) is 10.7. The van der Waals surface area contributed by atoms with Crippen LogP contribution in [0.4, 0.5) is 11.4 Å². The summed E-state index contributed by atoms with van der Waals surface area (Å²) in [5.74, 6) is 0.259. The Morgan fingerprint density at radius 3 is 1.92 bits per heavy atom. The molecule has 0 aliphatic heterocycles. The van der Waals surface area contributed by atoms with Gasteiger partial charge in [-0.05, 0) is 37.1 Å². The summed E-state index contributed by atoms with van der Waals surface area (Å²) in [5.41, 5.74) is 5.69. The third kappa shape index (κ3) is 10.1. The van der Waals surface area contributed by atoms with Crippen LogP contribution in [0.5, 0.6) is 17.2 Å². The van der Waals surface area contributed by atoms with Crippen LogP contribution in [0.15, 0.2) is 36.4 Å². The smallest absolute Gasteiger partial charge is 0.345 e. The zero-order valence-electron chi connectivity index (χ0n) is 21.6. The number of ether oxygens (including phenoxy) is 3. The molecule has 0 saturated carbocycles. The van der Waals surface area contributed by atoms with Crippen molar-refractivity contribution in [1.82, 2.24) is 0 Å². The molecule has 0 aliphatic rings. The molecule has 2 aromatic carbocycles. The van der Waals surface area contributed by atoms with Gasteiger partial charge in [-0.3, -0.25) is 10.1 Å². The van der Waals surface area contributed by atoms with Gasteiger partial charge in [0.1, 0.15) is 11.5 Å². The molecule has 0 unspecified atom stereocenters. The number of anilines is 1. The van der Waals surface area contributed by atoms with Gasteiger partial charge in [-0.15, -0.1) is 0 Å². The predicted octanol–water partition coefficient (Wildman–Crippen LogP) is 7.48. The number of carbonyl (C=O) groups excluding carboxylic acids is 1.